The number of benzene rings is 1. The van der Waals surface area contributed by atoms with Crippen LogP contribution in [0.5, 0.6) is 0 Å². The Balaban J connectivity index is 3.18. The number of sulfonamides is 1. The molecule has 0 aromatic heterocycles. The van der Waals surface area contributed by atoms with Crippen LogP contribution in [0, 0.1) is 11.3 Å². The van der Waals surface area contributed by atoms with Crippen molar-refractivity contribution in [2.75, 3.05) is 13.6 Å². The van der Waals surface area contributed by atoms with Gasteiger partial charge in [-0.1, -0.05) is 11.6 Å². The Labute approximate surface area is 113 Å². The van der Waals surface area contributed by atoms with Crippen LogP contribution in [-0.2, 0) is 10.0 Å². The minimum atomic E-state index is -4.65. The Hall–Kier alpha value is -1.30. The fraction of sp³-hybridized carbons (Fsp3) is 0.300. The molecule has 0 spiro atoms. The molecule has 0 fully saturated rings. The van der Waals surface area contributed by atoms with Crippen LogP contribution in [0.1, 0.15) is 5.56 Å². The molecule has 0 bridgehead atoms. The van der Waals surface area contributed by atoms with Crippen LogP contribution < -0.4 is 0 Å². The molecule has 1 aromatic rings. The number of rotatable bonds is 3. The van der Waals surface area contributed by atoms with Gasteiger partial charge in [0, 0.05) is 7.05 Å². The first-order valence-electron chi connectivity index (χ1n) is 4.80. The predicted molar refractivity (Wildman–Crippen MR) is 62.0 cm³/mol. The van der Waals surface area contributed by atoms with Gasteiger partial charge in [-0.25, -0.2) is 8.42 Å². The number of nitriles is 1. The van der Waals surface area contributed by atoms with Crippen LogP contribution in [0.3, 0.4) is 0 Å². The lowest BCUT2D eigenvalue weighted by Gasteiger charge is -2.19. The molecule has 1 rings (SSSR count). The second-order valence-electron chi connectivity index (χ2n) is 3.63. The van der Waals surface area contributed by atoms with E-state index in [2.05, 4.69) is 0 Å². The summed E-state index contributed by atoms with van der Waals surface area (Å²) in [5, 5.41) is 8.30. The highest BCUT2D eigenvalue weighted by Gasteiger charge is 2.35. The summed E-state index contributed by atoms with van der Waals surface area (Å²) in [7, 11) is -3.55. The highest BCUT2D eigenvalue weighted by molar-refractivity contribution is 7.89. The summed E-state index contributed by atoms with van der Waals surface area (Å²) in [4.78, 5) is -0.472. The van der Waals surface area contributed by atoms with Crippen LogP contribution in [0.15, 0.2) is 23.1 Å². The lowest BCUT2D eigenvalue weighted by molar-refractivity contribution is -0.134. The molecule has 0 aliphatic rings. The largest absolute Gasteiger partial charge is 0.402 e. The molecule has 0 heterocycles. The molecule has 0 amide bonds. The summed E-state index contributed by atoms with van der Waals surface area (Å²) in [5.74, 6) is 0. The van der Waals surface area contributed by atoms with Gasteiger partial charge in [-0.2, -0.15) is 22.7 Å². The Morgan fingerprint density at radius 1 is 1.42 bits per heavy atom. The van der Waals surface area contributed by atoms with Gasteiger partial charge in [0.05, 0.1) is 16.7 Å². The normalized spacial score (nSPS) is 12.5. The molecule has 0 atom stereocenters. The molecule has 0 N–H and O–H groups in total. The zero-order chi connectivity index (χ0) is 14.8. The van der Waals surface area contributed by atoms with Crippen molar-refractivity contribution in [3.8, 4) is 6.07 Å². The van der Waals surface area contributed by atoms with Crippen molar-refractivity contribution in [1.82, 2.24) is 4.31 Å². The molecule has 9 heteroatoms. The molecule has 1 aromatic carbocycles. The highest BCUT2D eigenvalue weighted by Crippen LogP contribution is 2.27. The Morgan fingerprint density at radius 2 is 2.00 bits per heavy atom. The minimum absolute atomic E-state index is 0.113. The maximum atomic E-state index is 12.2. The van der Waals surface area contributed by atoms with E-state index in [-0.39, 0.29) is 14.9 Å². The summed E-state index contributed by atoms with van der Waals surface area (Å²) >= 11 is 5.67. The zero-order valence-electron chi connectivity index (χ0n) is 9.57. The third-order valence-corrected chi connectivity index (χ3v) is 4.44. The van der Waals surface area contributed by atoms with Gasteiger partial charge >= 0.3 is 6.18 Å². The van der Waals surface area contributed by atoms with Gasteiger partial charge in [0.15, 0.2) is 0 Å². The second-order valence-corrected chi connectivity index (χ2v) is 6.05. The molecule has 104 valence electrons. The summed E-state index contributed by atoms with van der Waals surface area (Å²) < 4.78 is 60.5. The zero-order valence-corrected chi connectivity index (χ0v) is 11.1. The van der Waals surface area contributed by atoms with Crippen molar-refractivity contribution in [2.24, 2.45) is 0 Å². The number of alkyl halides is 3. The molecule has 0 saturated heterocycles. The molecular formula is C10H8ClF3N2O2S. The molecule has 4 nitrogen and oxygen atoms in total. The van der Waals surface area contributed by atoms with Gasteiger partial charge in [0.25, 0.3) is 0 Å². The van der Waals surface area contributed by atoms with Gasteiger partial charge in [0.1, 0.15) is 11.4 Å². The maximum absolute atomic E-state index is 12.2. The van der Waals surface area contributed by atoms with E-state index in [0.29, 0.717) is 0 Å². The molecule has 0 aliphatic heterocycles. The number of nitrogens with zero attached hydrogens (tertiary/aromatic N) is 2. The van der Waals surface area contributed by atoms with Crippen molar-refractivity contribution in [1.29, 1.82) is 5.26 Å². The van der Waals surface area contributed by atoms with Gasteiger partial charge in [0.2, 0.25) is 10.0 Å². The van der Waals surface area contributed by atoms with Gasteiger partial charge in [-0.15, -0.1) is 0 Å². The highest BCUT2D eigenvalue weighted by atomic mass is 35.5. The SMILES string of the molecule is CN(CC(F)(F)F)S(=O)(=O)c1ccc(C#N)cc1Cl. The van der Waals surface area contributed by atoms with E-state index >= 15 is 0 Å². The van der Waals surface area contributed by atoms with Crippen molar-refractivity contribution >= 4 is 21.6 Å². The van der Waals surface area contributed by atoms with E-state index in [1.165, 1.54) is 6.07 Å². The fourth-order valence-corrected chi connectivity index (χ4v) is 2.96. The maximum Gasteiger partial charge on any atom is 0.402 e. The average Bonchev–Trinajstić information content (AvgIpc) is 2.26. The smallest absolute Gasteiger partial charge is 0.207 e. The molecular weight excluding hydrogens is 305 g/mol. The number of hydrogen-bond donors (Lipinski definition) is 0. The lowest BCUT2D eigenvalue weighted by atomic mass is 10.2. The fourth-order valence-electron chi connectivity index (χ4n) is 1.28. The van der Waals surface area contributed by atoms with Crippen LogP contribution in [0.2, 0.25) is 5.02 Å². The van der Waals surface area contributed by atoms with Crippen molar-refractivity contribution in [3.63, 3.8) is 0 Å². The van der Waals surface area contributed by atoms with Crippen LogP contribution >= 0.6 is 11.6 Å². The van der Waals surface area contributed by atoms with Crippen molar-refractivity contribution in [3.05, 3.63) is 28.8 Å². The van der Waals surface area contributed by atoms with Crippen LogP contribution in [0.4, 0.5) is 13.2 Å². The predicted octanol–water partition coefficient (Wildman–Crippen LogP) is 2.39. The van der Waals surface area contributed by atoms with E-state index in [9.17, 15) is 21.6 Å². The van der Waals surface area contributed by atoms with E-state index in [4.69, 9.17) is 16.9 Å². The van der Waals surface area contributed by atoms with Crippen LogP contribution in [-0.4, -0.2) is 32.5 Å². The van der Waals surface area contributed by atoms with E-state index in [1.54, 1.807) is 6.07 Å². The third-order valence-electron chi connectivity index (χ3n) is 2.15. The number of hydrogen-bond acceptors (Lipinski definition) is 3. The second kappa shape index (κ2) is 5.36. The third kappa shape index (κ3) is 3.83. The quantitative estimate of drug-likeness (QED) is 0.861. The average molecular weight is 313 g/mol. The van der Waals surface area contributed by atoms with Crippen LogP contribution in [0.25, 0.3) is 0 Å². The van der Waals surface area contributed by atoms with Crippen molar-refractivity contribution in [2.45, 2.75) is 11.1 Å². The Bertz CT molecular complexity index is 623. The molecule has 0 radical (unpaired) electrons. The monoisotopic (exact) mass is 312 g/mol. The van der Waals surface area contributed by atoms with Crippen molar-refractivity contribution < 1.29 is 21.6 Å². The number of halogens is 4. The van der Waals surface area contributed by atoms with E-state index in [1.807, 2.05) is 0 Å². The molecule has 0 saturated carbocycles. The van der Waals surface area contributed by atoms with E-state index in [0.717, 1.165) is 19.2 Å². The summed E-state index contributed by atoms with van der Waals surface area (Å²) in [6.45, 7) is -1.62. The molecule has 19 heavy (non-hydrogen) atoms. The molecule has 0 unspecified atom stereocenters. The lowest BCUT2D eigenvalue weighted by Crippen LogP contribution is -2.35. The van der Waals surface area contributed by atoms with Gasteiger partial charge < -0.3 is 0 Å². The summed E-state index contributed by atoms with van der Waals surface area (Å²) in [6.07, 6.45) is -4.65. The minimum Gasteiger partial charge on any atom is -0.207 e. The Morgan fingerprint density at radius 3 is 2.42 bits per heavy atom. The first-order chi connectivity index (χ1) is 8.58. The summed E-state index contributed by atoms with van der Waals surface area (Å²) in [5.41, 5.74) is 0.113. The first-order valence-corrected chi connectivity index (χ1v) is 6.62. The Kier molecular flexibility index (Phi) is 4.45. The van der Waals surface area contributed by atoms with Gasteiger partial charge in [-0.05, 0) is 18.2 Å². The molecule has 0 aliphatic carbocycles. The first kappa shape index (κ1) is 15.8. The van der Waals surface area contributed by atoms with Gasteiger partial charge in [-0.3, -0.25) is 0 Å². The van der Waals surface area contributed by atoms with E-state index < -0.39 is 27.6 Å². The summed E-state index contributed by atoms with van der Waals surface area (Å²) in [6, 6.07) is 4.99. The topological polar surface area (TPSA) is 61.2 Å². The standard InChI is InChI=1S/C10H8ClF3N2O2S/c1-16(6-10(12,13)14)19(17,18)9-3-2-7(5-15)4-8(9)11/h2-4H,6H2,1H3.